The number of aryl methyl sites for hydroxylation is 1. The Balaban J connectivity index is 2.27. The maximum absolute atomic E-state index is 12.2. The van der Waals surface area contributed by atoms with Gasteiger partial charge in [-0.15, -0.1) is 0 Å². The van der Waals surface area contributed by atoms with Gasteiger partial charge in [0.2, 0.25) is 5.91 Å². The van der Waals surface area contributed by atoms with Crippen molar-refractivity contribution in [3.63, 3.8) is 0 Å². The Bertz CT molecular complexity index is 531. The molecule has 1 aliphatic heterocycles. The van der Waals surface area contributed by atoms with Gasteiger partial charge in [-0.25, -0.2) is 0 Å². The molecule has 2 rings (SSSR count). The molecule has 0 saturated carbocycles. The van der Waals surface area contributed by atoms with E-state index in [4.69, 9.17) is 9.84 Å². The Labute approximate surface area is 122 Å². The summed E-state index contributed by atoms with van der Waals surface area (Å²) in [5, 5.41) is 18.2. The minimum atomic E-state index is -1.08. The molecule has 2 atom stereocenters. The largest absolute Gasteiger partial charge is 0.394 e. The minimum Gasteiger partial charge on any atom is -0.394 e. The topological polar surface area (TPSA) is 87.1 Å². The maximum Gasteiger partial charge on any atom is 0.229 e. The molecule has 1 heterocycles. The molecule has 1 unspecified atom stereocenters. The summed E-state index contributed by atoms with van der Waals surface area (Å²) in [6.45, 7) is 0.655. The van der Waals surface area contributed by atoms with E-state index in [1.54, 1.807) is 12.1 Å². The van der Waals surface area contributed by atoms with Crippen LogP contribution in [0.15, 0.2) is 24.3 Å². The van der Waals surface area contributed by atoms with Crippen LogP contribution in [-0.2, 0) is 20.7 Å². The summed E-state index contributed by atoms with van der Waals surface area (Å²) in [4.78, 5) is 25.4. The maximum atomic E-state index is 12.2. The molecule has 0 aromatic heterocycles. The highest BCUT2D eigenvalue weighted by atomic mass is 16.5. The van der Waals surface area contributed by atoms with E-state index < -0.39 is 18.9 Å². The van der Waals surface area contributed by atoms with Crippen molar-refractivity contribution < 1.29 is 24.5 Å². The lowest BCUT2D eigenvalue weighted by atomic mass is 10.0. The Morgan fingerprint density at radius 3 is 2.76 bits per heavy atom. The molecule has 0 saturated heterocycles. The molecule has 1 aromatic carbocycles. The summed E-state index contributed by atoms with van der Waals surface area (Å²) in [6, 6.07) is 7.36. The first-order valence-corrected chi connectivity index (χ1v) is 6.85. The van der Waals surface area contributed by atoms with Crippen molar-refractivity contribution in [2.45, 2.75) is 32.1 Å². The summed E-state index contributed by atoms with van der Waals surface area (Å²) in [7, 11) is 0. The normalized spacial score (nSPS) is 17.3. The van der Waals surface area contributed by atoms with Crippen LogP contribution in [0, 0.1) is 0 Å². The van der Waals surface area contributed by atoms with Crippen molar-refractivity contribution in [1.82, 2.24) is 0 Å². The van der Waals surface area contributed by atoms with Crippen molar-refractivity contribution in [2.24, 2.45) is 0 Å². The second-order valence-corrected chi connectivity index (χ2v) is 5.03. The van der Waals surface area contributed by atoms with Crippen LogP contribution in [-0.4, -0.2) is 47.4 Å². The van der Waals surface area contributed by atoms with E-state index in [0.29, 0.717) is 18.5 Å². The van der Waals surface area contributed by atoms with Crippen LogP contribution >= 0.6 is 0 Å². The fraction of sp³-hybridized carbons (Fsp3) is 0.467. The lowest BCUT2D eigenvalue weighted by Crippen LogP contribution is -2.49. The molecule has 0 radical (unpaired) electrons. The number of ether oxygens (including phenoxy) is 1. The van der Waals surface area contributed by atoms with Gasteiger partial charge in [-0.1, -0.05) is 18.2 Å². The number of hydrogen-bond donors (Lipinski definition) is 2. The zero-order chi connectivity index (χ0) is 15.4. The molecule has 6 nitrogen and oxygen atoms in total. The fourth-order valence-corrected chi connectivity index (χ4v) is 2.34. The first-order valence-electron chi connectivity index (χ1n) is 6.85. The van der Waals surface area contributed by atoms with Crippen LogP contribution in [0.5, 0.6) is 0 Å². The van der Waals surface area contributed by atoms with Crippen molar-refractivity contribution in [2.75, 3.05) is 18.1 Å². The van der Waals surface area contributed by atoms with Crippen LogP contribution in [0.2, 0.25) is 0 Å². The SMILES string of the molecule is CC(=O)[C@H](OCC(O)CO)N1C(=O)CCc2ccccc21. The number of Topliss-reactive ketones (excluding diaryl/α,β-unsaturated/α-hetero) is 1. The fourth-order valence-electron chi connectivity index (χ4n) is 2.34. The summed E-state index contributed by atoms with van der Waals surface area (Å²) in [6.07, 6.45) is -1.22. The zero-order valence-corrected chi connectivity index (χ0v) is 11.9. The molecule has 1 aromatic rings. The summed E-state index contributed by atoms with van der Waals surface area (Å²) in [5.74, 6) is -0.516. The standard InChI is InChI=1S/C15H19NO5/c1-10(18)15(21-9-12(19)8-17)16-13-5-3-2-4-11(13)6-7-14(16)20/h2-5,12,15,17,19H,6-9H2,1H3/t12?,15-/m0/s1. The third-order valence-electron chi connectivity index (χ3n) is 3.37. The van der Waals surface area contributed by atoms with Gasteiger partial charge in [0.25, 0.3) is 0 Å². The number of aliphatic hydroxyl groups is 2. The van der Waals surface area contributed by atoms with Gasteiger partial charge in [0, 0.05) is 12.1 Å². The number of ketones is 1. The number of nitrogens with zero attached hydrogens (tertiary/aromatic N) is 1. The third-order valence-corrected chi connectivity index (χ3v) is 3.37. The van der Waals surface area contributed by atoms with E-state index in [0.717, 1.165) is 5.56 Å². The molecule has 1 aliphatic rings. The van der Waals surface area contributed by atoms with Gasteiger partial charge in [0.1, 0.15) is 6.10 Å². The Morgan fingerprint density at radius 2 is 2.10 bits per heavy atom. The van der Waals surface area contributed by atoms with Crippen molar-refractivity contribution in [1.29, 1.82) is 0 Å². The van der Waals surface area contributed by atoms with Gasteiger partial charge in [-0.2, -0.15) is 0 Å². The van der Waals surface area contributed by atoms with E-state index in [-0.39, 0.29) is 18.3 Å². The van der Waals surface area contributed by atoms with Crippen molar-refractivity contribution >= 4 is 17.4 Å². The first-order chi connectivity index (χ1) is 10.0. The molecule has 21 heavy (non-hydrogen) atoms. The number of para-hydroxylation sites is 1. The molecular weight excluding hydrogens is 274 g/mol. The monoisotopic (exact) mass is 293 g/mol. The van der Waals surface area contributed by atoms with Gasteiger partial charge in [-0.3, -0.25) is 14.5 Å². The van der Waals surface area contributed by atoms with Crippen LogP contribution in [0.3, 0.4) is 0 Å². The number of carbonyl (C=O) groups excluding carboxylic acids is 2. The number of rotatable bonds is 6. The lowest BCUT2D eigenvalue weighted by molar-refractivity contribution is -0.136. The number of aliphatic hydroxyl groups excluding tert-OH is 2. The quantitative estimate of drug-likeness (QED) is 0.785. The summed E-state index contributed by atoms with van der Waals surface area (Å²) < 4.78 is 5.37. The van der Waals surface area contributed by atoms with E-state index in [9.17, 15) is 14.7 Å². The molecule has 0 aliphatic carbocycles. The lowest BCUT2D eigenvalue weighted by Gasteiger charge is -2.34. The molecule has 6 heteroatoms. The van der Waals surface area contributed by atoms with Crippen LogP contribution < -0.4 is 4.90 Å². The molecule has 0 bridgehead atoms. The van der Waals surface area contributed by atoms with Gasteiger partial charge in [-0.05, 0) is 25.0 Å². The Hall–Kier alpha value is -1.76. The highest BCUT2D eigenvalue weighted by molar-refractivity contribution is 6.02. The predicted molar refractivity (Wildman–Crippen MR) is 75.8 cm³/mol. The second-order valence-electron chi connectivity index (χ2n) is 5.03. The van der Waals surface area contributed by atoms with Gasteiger partial charge in [0.05, 0.1) is 13.2 Å². The highest BCUT2D eigenvalue weighted by Gasteiger charge is 2.33. The zero-order valence-electron chi connectivity index (χ0n) is 11.9. The van der Waals surface area contributed by atoms with Crippen LogP contribution in [0.25, 0.3) is 0 Å². The number of hydrogen-bond acceptors (Lipinski definition) is 5. The van der Waals surface area contributed by atoms with E-state index in [2.05, 4.69) is 0 Å². The molecule has 1 amide bonds. The van der Waals surface area contributed by atoms with E-state index in [1.807, 2.05) is 12.1 Å². The average Bonchev–Trinajstić information content (AvgIpc) is 2.48. The Kier molecular flexibility index (Phi) is 5.06. The van der Waals surface area contributed by atoms with Crippen LogP contribution in [0.4, 0.5) is 5.69 Å². The van der Waals surface area contributed by atoms with E-state index in [1.165, 1.54) is 11.8 Å². The van der Waals surface area contributed by atoms with Gasteiger partial charge in [0.15, 0.2) is 12.0 Å². The van der Waals surface area contributed by atoms with Crippen molar-refractivity contribution in [3.8, 4) is 0 Å². The summed E-state index contributed by atoms with van der Waals surface area (Å²) in [5.41, 5.74) is 1.64. The number of carbonyl (C=O) groups is 2. The second kappa shape index (κ2) is 6.80. The molecule has 0 spiro atoms. The first kappa shape index (κ1) is 15.6. The molecule has 2 N–H and O–H groups in total. The molecular formula is C15H19NO5. The smallest absolute Gasteiger partial charge is 0.229 e. The number of fused-ring (bicyclic) bond motifs is 1. The van der Waals surface area contributed by atoms with Gasteiger partial charge < -0.3 is 14.9 Å². The van der Waals surface area contributed by atoms with Crippen molar-refractivity contribution in [3.05, 3.63) is 29.8 Å². The van der Waals surface area contributed by atoms with E-state index >= 15 is 0 Å². The highest BCUT2D eigenvalue weighted by Crippen LogP contribution is 2.29. The number of anilines is 1. The Morgan fingerprint density at radius 1 is 1.38 bits per heavy atom. The minimum absolute atomic E-state index is 0.188. The number of benzene rings is 1. The van der Waals surface area contributed by atoms with Crippen LogP contribution in [0.1, 0.15) is 18.9 Å². The predicted octanol–water partition coefficient (Wildman–Crippen LogP) is 0.251. The molecule has 0 fully saturated rings. The molecule has 114 valence electrons. The number of amides is 1. The summed E-state index contributed by atoms with van der Waals surface area (Å²) >= 11 is 0. The van der Waals surface area contributed by atoms with Gasteiger partial charge >= 0.3 is 0 Å². The third kappa shape index (κ3) is 3.47. The average molecular weight is 293 g/mol.